The number of hydrogen-bond donors (Lipinski definition) is 1. The van der Waals surface area contributed by atoms with Crippen molar-refractivity contribution in [3.63, 3.8) is 0 Å². The van der Waals surface area contributed by atoms with Crippen LogP contribution in [-0.2, 0) is 0 Å². The van der Waals surface area contributed by atoms with Gasteiger partial charge in [0.25, 0.3) is 0 Å². The van der Waals surface area contributed by atoms with E-state index in [1.807, 2.05) is 0 Å². The Morgan fingerprint density at radius 3 is 2.54 bits per heavy atom. The zero-order chi connectivity index (χ0) is 9.68. The standard InChI is InChI=1S/C12H25N/c1-4-11(5-2)8-12-6-7-13-9-10(12)3/h10-13H,4-9H2,1-3H3. The van der Waals surface area contributed by atoms with E-state index >= 15 is 0 Å². The van der Waals surface area contributed by atoms with E-state index in [-0.39, 0.29) is 0 Å². The zero-order valence-electron chi connectivity index (χ0n) is 9.47. The molecule has 0 aliphatic carbocycles. The molecule has 2 atom stereocenters. The Morgan fingerprint density at radius 1 is 1.31 bits per heavy atom. The largest absolute Gasteiger partial charge is 0.316 e. The molecule has 1 N–H and O–H groups in total. The van der Waals surface area contributed by atoms with E-state index in [0.29, 0.717) is 0 Å². The molecule has 1 rings (SSSR count). The van der Waals surface area contributed by atoms with Crippen molar-refractivity contribution < 1.29 is 0 Å². The van der Waals surface area contributed by atoms with E-state index in [2.05, 4.69) is 26.1 Å². The first-order valence-corrected chi connectivity index (χ1v) is 5.98. The molecule has 0 aromatic rings. The third-order valence-corrected chi connectivity index (χ3v) is 3.75. The molecule has 1 fully saturated rings. The monoisotopic (exact) mass is 183 g/mol. The van der Waals surface area contributed by atoms with Crippen LogP contribution < -0.4 is 5.32 Å². The Balaban J connectivity index is 2.32. The van der Waals surface area contributed by atoms with Gasteiger partial charge in [0, 0.05) is 0 Å². The highest BCUT2D eigenvalue weighted by Gasteiger charge is 2.22. The first-order chi connectivity index (χ1) is 6.27. The molecule has 2 unspecified atom stereocenters. The summed E-state index contributed by atoms with van der Waals surface area (Å²) >= 11 is 0. The summed E-state index contributed by atoms with van der Waals surface area (Å²) in [6, 6.07) is 0. The van der Waals surface area contributed by atoms with Gasteiger partial charge in [-0.15, -0.1) is 0 Å². The minimum atomic E-state index is 0.898. The smallest absolute Gasteiger partial charge is 0.00205 e. The van der Waals surface area contributed by atoms with E-state index in [1.54, 1.807) is 0 Å². The van der Waals surface area contributed by atoms with Crippen molar-refractivity contribution in [2.45, 2.75) is 46.5 Å². The molecule has 1 saturated heterocycles. The van der Waals surface area contributed by atoms with Crippen molar-refractivity contribution in [2.75, 3.05) is 13.1 Å². The summed E-state index contributed by atoms with van der Waals surface area (Å²) in [5.41, 5.74) is 0. The van der Waals surface area contributed by atoms with Gasteiger partial charge in [-0.1, -0.05) is 33.6 Å². The highest BCUT2D eigenvalue weighted by molar-refractivity contribution is 4.76. The molecule has 1 nitrogen and oxygen atoms in total. The summed E-state index contributed by atoms with van der Waals surface area (Å²) < 4.78 is 0. The molecule has 0 bridgehead atoms. The second kappa shape index (κ2) is 5.64. The lowest BCUT2D eigenvalue weighted by atomic mass is 9.80. The Kier molecular flexibility index (Phi) is 4.79. The lowest BCUT2D eigenvalue weighted by Crippen LogP contribution is -2.35. The maximum Gasteiger partial charge on any atom is -0.00205 e. The van der Waals surface area contributed by atoms with E-state index in [9.17, 15) is 0 Å². The molecular formula is C12H25N. The predicted molar refractivity (Wildman–Crippen MR) is 58.8 cm³/mol. The van der Waals surface area contributed by atoms with E-state index in [4.69, 9.17) is 0 Å². The summed E-state index contributed by atoms with van der Waals surface area (Å²) in [5.74, 6) is 2.87. The van der Waals surface area contributed by atoms with E-state index < -0.39 is 0 Å². The van der Waals surface area contributed by atoms with Gasteiger partial charge in [-0.25, -0.2) is 0 Å². The molecule has 1 heterocycles. The molecule has 13 heavy (non-hydrogen) atoms. The molecule has 0 spiro atoms. The van der Waals surface area contributed by atoms with Crippen molar-refractivity contribution >= 4 is 0 Å². The number of piperidine rings is 1. The molecule has 78 valence electrons. The quantitative estimate of drug-likeness (QED) is 0.706. The van der Waals surface area contributed by atoms with Crippen LogP contribution in [0.3, 0.4) is 0 Å². The molecule has 1 heteroatoms. The van der Waals surface area contributed by atoms with Crippen LogP contribution in [-0.4, -0.2) is 13.1 Å². The van der Waals surface area contributed by atoms with Crippen molar-refractivity contribution in [3.05, 3.63) is 0 Å². The van der Waals surface area contributed by atoms with Gasteiger partial charge in [0.2, 0.25) is 0 Å². The molecule has 0 radical (unpaired) electrons. The molecule has 0 aromatic carbocycles. The fourth-order valence-electron chi connectivity index (χ4n) is 2.47. The Bertz CT molecular complexity index is 129. The molecule has 1 aliphatic heterocycles. The molecule has 1 aliphatic rings. The van der Waals surface area contributed by atoms with E-state index in [1.165, 1.54) is 38.8 Å². The lowest BCUT2D eigenvalue weighted by molar-refractivity contribution is 0.219. The number of hydrogen-bond acceptors (Lipinski definition) is 1. The summed E-state index contributed by atoms with van der Waals surface area (Å²) in [6.45, 7) is 9.55. The third kappa shape index (κ3) is 3.30. The highest BCUT2D eigenvalue weighted by atomic mass is 14.9. The van der Waals surface area contributed by atoms with Gasteiger partial charge >= 0.3 is 0 Å². The maximum absolute atomic E-state index is 3.47. The van der Waals surface area contributed by atoms with Crippen LogP contribution in [0.2, 0.25) is 0 Å². The summed E-state index contributed by atoms with van der Waals surface area (Å²) in [7, 11) is 0. The molecular weight excluding hydrogens is 158 g/mol. The summed E-state index contributed by atoms with van der Waals surface area (Å²) in [6.07, 6.45) is 5.60. The van der Waals surface area contributed by atoms with E-state index in [0.717, 1.165) is 17.8 Å². The third-order valence-electron chi connectivity index (χ3n) is 3.75. The van der Waals surface area contributed by atoms with Gasteiger partial charge in [0.15, 0.2) is 0 Å². The SMILES string of the molecule is CCC(CC)CC1CCNCC1C. The Labute approximate surface area is 83.3 Å². The van der Waals surface area contributed by atoms with Crippen molar-refractivity contribution in [1.82, 2.24) is 5.32 Å². The first-order valence-electron chi connectivity index (χ1n) is 5.98. The van der Waals surface area contributed by atoms with Crippen molar-refractivity contribution in [1.29, 1.82) is 0 Å². The van der Waals surface area contributed by atoms with Crippen LogP contribution in [0.25, 0.3) is 0 Å². The Hall–Kier alpha value is -0.0400. The van der Waals surface area contributed by atoms with Crippen molar-refractivity contribution in [3.8, 4) is 0 Å². The number of rotatable bonds is 4. The second-order valence-electron chi connectivity index (χ2n) is 4.65. The minimum absolute atomic E-state index is 0.898. The molecule has 0 saturated carbocycles. The first kappa shape index (κ1) is 11.0. The van der Waals surface area contributed by atoms with Crippen LogP contribution in [0.1, 0.15) is 46.5 Å². The van der Waals surface area contributed by atoms with Crippen LogP contribution >= 0.6 is 0 Å². The molecule has 0 aromatic heterocycles. The van der Waals surface area contributed by atoms with Gasteiger partial charge in [-0.2, -0.15) is 0 Å². The van der Waals surface area contributed by atoms with Crippen LogP contribution in [0.4, 0.5) is 0 Å². The average molecular weight is 183 g/mol. The van der Waals surface area contributed by atoms with Crippen molar-refractivity contribution in [2.24, 2.45) is 17.8 Å². The van der Waals surface area contributed by atoms with Gasteiger partial charge in [-0.3, -0.25) is 0 Å². The van der Waals surface area contributed by atoms with Gasteiger partial charge in [0.05, 0.1) is 0 Å². The predicted octanol–water partition coefficient (Wildman–Crippen LogP) is 3.06. The maximum atomic E-state index is 3.47. The second-order valence-corrected chi connectivity index (χ2v) is 4.65. The fourth-order valence-corrected chi connectivity index (χ4v) is 2.47. The Morgan fingerprint density at radius 2 is 2.00 bits per heavy atom. The van der Waals surface area contributed by atoms with Gasteiger partial charge < -0.3 is 5.32 Å². The topological polar surface area (TPSA) is 12.0 Å². The van der Waals surface area contributed by atoms with Crippen LogP contribution in [0, 0.1) is 17.8 Å². The summed E-state index contributed by atoms with van der Waals surface area (Å²) in [5, 5.41) is 3.47. The fraction of sp³-hybridized carbons (Fsp3) is 1.00. The number of nitrogens with one attached hydrogen (secondary N) is 1. The average Bonchev–Trinajstić information content (AvgIpc) is 2.17. The van der Waals surface area contributed by atoms with Crippen LogP contribution in [0.5, 0.6) is 0 Å². The zero-order valence-corrected chi connectivity index (χ0v) is 9.47. The van der Waals surface area contributed by atoms with Crippen LogP contribution in [0.15, 0.2) is 0 Å². The summed E-state index contributed by atoms with van der Waals surface area (Å²) in [4.78, 5) is 0. The lowest BCUT2D eigenvalue weighted by Gasteiger charge is -2.31. The van der Waals surface area contributed by atoms with Gasteiger partial charge in [-0.05, 0) is 43.7 Å². The highest BCUT2D eigenvalue weighted by Crippen LogP contribution is 2.28. The normalized spacial score (nSPS) is 29.5. The minimum Gasteiger partial charge on any atom is -0.316 e. The molecule has 0 amide bonds. The van der Waals surface area contributed by atoms with Gasteiger partial charge in [0.1, 0.15) is 0 Å².